The molecule has 1 atom stereocenters. The molecule has 1 heterocycles. The van der Waals surface area contributed by atoms with Gasteiger partial charge in [0.15, 0.2) is 0 Å². The maximum Gasteiger partial charge on any atom is 0.329 e. The predicted molar refractivity (Wildman–Crippen MR) is 84.3 cm³/mol. The number of hydrogen-bond acceptors (Lipinski definition) is 3. The molecule has 23 heavy (non-hydrogen) atoms. The molecule has 2 amide bonds. The molecule has 122 valence electrons. The highest BCUT2D eigenvalue weighted by Gasteiger charge is 2.48. The van der Waals surface area contributed by atoms with E-state index < -0.39 is 23.3 Å². The Hall–Kier alpha value is -2.08. The van der Waals surface area contributed by atoms with E-state index in [0.29, 0.717) is 36.5 Å². The Morgan fingerprint density at radius 3 is 2.43 bits per heavy atom. The van der Waals surface area contributed by atoms with E-state index in [1.54, 1.807) is 24.3 Å². The van der Waals surface area contributed by atoms with Crippen molar-refractivity contribution in [3.63, 3.8) is 0 Å². The van der Waals surface area contributed by atoms with Crippen LogP contribution in [0.5, 0.6) is 0 Å². The van der Waals surface area contributed by atoms with Gasteiger partial charge in [-0.2, -0.15) is 0 Å². The summed E-state index contributed by atoms with van der Waals surface area (Å²) in [6.07, 6.45) is 1.97. The van der Waals surface area contributed by atoms with Gasteiger partial charge in [-0.25, -0.2) is 4.79 Å². The SMILES string of the molecule is O=C(NC1(C(=O)O)CCC1)[C@@H]1CCN(c2ccc(Cl)cc2)C1=O. The lowest BCUT2D eigenvalue weighted by Crippen LogP contribution is -2.60. The first-order chi connectivity index (χ1) is 10.9. The number of hydrogen-bond donors (Lipinski definition) is 2. The van der Waals surface area contributed by atoms with Crippen molar-refractivity contribution in [2.24, 2.45) is 5.92 Å². The van der Waals surface area contributed by atoms with Gasteiger partial charge in [0.2, 0.25) is 11.8 Å². The Kier molecular flexibility index (Phi) is 4.02. The average Bonchev–Trinajstić information content (AvgIpc) is 2.85. The first kappa shape index (κ1) is 15.8. The van der Waals surface area contributed by atoms with Gasteiger partial charge in [-0.15, -0.1) is 0 Å². The minimum atomic E-state index is -1.19. The van der Waals surface area contributed by atoms with Crippen LogP contribution in [0, 0.1) is 5.92 Å². The van der Waals surface area contributed by atoms with Crippen LogP contribution in [-0.4, -0.2) is 35.0 Å². The van der Waals surface area contributed by atoms with Gasteiger partial charge in [0, 0.05) is 17.3 Å². The zero-order valence-electron chi connectivity index (χ0n) is 12.4. The van der Waals surface area contributed by atoms with Crippen LogP contribution in [0.25, 0.3) is 0 Å². The largest absolute Gasteiger partial charge is 0.480 e. The maximum absolute atomic E-state index is 12.5. The standard InChI is InChI=1S/C16H17ClN2O4/c17-10-2-4-11(5-3-10)19-9-6-12(14(19)21)13(20)18-16(15(22)23)7-1-8-16/h2-5,12H,1,6-9H2,(H,18,20)(H,22,23)/t12-/m0/s1. The number of carboxylic acids is 1. The topological polar surface area (TPSA) is 86.7 Å². The number of rotatable bonds is 4. The molecule has 1 aromatic carbocycles. The van der Waals surface area contributed by atoms with Gasteiger partial charge in [-0.3, -0.25) is 9.59 Å². The first-order valence-corrected chi connectivity index (χ1v) is 7.93. The van der Waals surface area contributed by atoms with Gasteiger partial charge in [0.05, 0.1) is 0 Å². The first-order valence-electron chi connectivity index (χ1n) is 7.55. The van der Waals surface area contributed by atoms with Crippen LogP contribution in [0.15, 0.2) is 24.3 Å². The molecule has 6 nitrogen and oxygen atoms in total. The highest BCUT2D eigenvalue weighted by atomic mass is 35.5. The molecule has 2 fully saturated rings. The van der Waals surface area contributed by atoms with Crippen LogP contribution in [0.2, 0.25) is 5.02 Å². The number of carboxylic acid groups (broad SMARTS) is 1. The maximum atomic E-state index is 12.5. The van der Waals surface area contributed by atoms with Gasteiger partial charge < -0.3 is 15.3 Å². The van der Waals surface area contributed by atoms with Gasteiger partial charge in [0.25, 0.3) is 0 Å². The molecule has 1 aliphatic heterocycles. The Morgan fingerprint density at radius 2 is 1.91 bits per heavy atom. The number of aliphatic carboxylic acids is 1. The minimum Gasteiger partial charge on any atom is -0.480 e. The van der Waals surface area contributed by atoms with Crippen molar-refractivity contribution in [1.29, 1.82) is 0 Å². The molecule has 2 N–H and O–H groups in total. The van der Waals surface area contributed by atoms with Crippen molar-refractivity contribution in [2.75, 3.05) is 11.4 Å². The van der Waals surface area contributed by atoms with Crippen LogP contribution in [0.3, 0.4) is 0 Å². The summed E-state index contributed by atoms with van der Waals surface area (Å²) in [5, 5.41) is 12.4. The molecular weight excluding hydrogens is 320 g/mol. The summed E-state index contributed by atoms with van der Waals surface area (Å²) in [4.78, 5) is 37.7. The lowest BCUT2D eigenvalue weighted by molar-refractivity contribution is -0.153. The van der Waals surface area contributed by atoms with Crippen LogP contribution in [0.1, 0.15) is 25.7 Å². The molecule has 1 aromatic rings. The number of nitrogens with zero attached hydrogens (tertiary/aromatic N) is 1. The van der Waals surface area contributed by atoms with E-state index in [-0.39, 0.29) is 5.91 Å². The number of carbonyl (C=O) groups excluding carboxylic acids is 2. The molecule has 0 bridgehead atoms. The van der Waals surface area contributed by atoms with E-state index in [1.165, 1.54) is 4.90 Å². The van der Waals surface area contributed by atoms with E-state index in [2.05, 4.69) is 5.32 Å². The van der Waals surface area contributed by atoms with Gasteiger partial charge in [-0.05, 0) is 49.9 Å². The molecule has 3 rings (SSSR count). The van der Waals surface area contributed by atoms with E-state index in [4.69, 9.17) is 11.6 Å². The van der Waals surface area contributed by atoms with Gasteiger partial charge in [0.1, 0.15) is 11.5 Å². The molecule has 0 spiro atoms. The summed E-state index contributed by atoms with van der Waals surface area (Å²) < 4.78 is 0. The third kappa shape index (κ3) is 2.79. The molecule has 0 aromatic heterocycles. The van der Waals surface area contributed by atoms with Crippen LogP contribution in [-0.2, 0) is 14.4 Å². The zero-order valence-corrected chi connectivity index (χ0v) is 13.2. The van der Waals surface area contributed by atoms with Crippen LogP contribution >= 0.6 is 11.6 Å². The Bertz CT molecular complexity index is 655. The second-order valence-corrected chi connectivity index (χ2v) is 6.47. The molecule has 1 aliphatic carbocycles. The van der Waals surface area contributed by atoms with Gasteiger partial charge in [-0.1, -0.05) is 11.6 Å². The highest BCUT2D eigenvalue weighted by molar-refractivity contribution is 6.30. The second-order valence-electron chi connectivity index (χ2n) is 6.04. The Morgan fingerprint density at radius 1 is 1.26 bits per heavy atom. The number of amides is 2. The van der Waals surface area contributed by atoms with Crippen molar-refractivity contribution in [3.05, 3.63) is 29.3 Å². The monoisotopic (exact) mass is 336 g/mol. The average molecular weight is 337 g/mol. The van der Waals surface area contributed by atoms with E-state index >= 15 is 0 Å². The third-order valence-electron chi connectivity index (χ3n) is 4.64. The number of halogens is 1. The van der Waals surface area contributed by atoms with Crippen molar-refractivity contribution in [2.45, 2.75) is 31.2 Å². The van der Waals surface area contributed by atoms with E-state index in [1.807, 2.05) is 0 Å². The summed E-state index contributed by atoms with van der Waals surface area (Å²) in [6, 6.07) is 6.83. The fraction of sp³-hybridized carbons (Fsp3) is 0.438. The highest BCUT2D eigenvalue weighted by Crippen LogP contribution is 2.33. The van der Waals surface area contributed by atoms with Crippen LogP contribution < -0.4 is 10.2 Å². The smallest absolute Gasteiger partial charge is 0.329 e. The quantitative estimate of drug-likeness (QED) is 0.821. The Labute approximate surface area is 138 Å². The van der Waals surface area contributed by atoms with Crippen molar-refractivity contribution >= 4 is 35.1 Å². The zero-order chi connectivity index (χ0) is 16.6. The fourth-order valence-electron chi connectivity index (χ4n) is 3.05. The van der Waals surface area contributed by atoms with Gasteiger partial charge >= 0.3 is 5.97 Å². The summed E-state index contributed by atoms with van der Waals surface area (Å²) in [5.74, 6) is -2.65. The van der Waals surface area contributed by atoms with Crippen molar-refractivity contribution < 1.29 is 19.5 Å². The van der Waals surface area contributed by atoms with Crippen molar-refractivity contribution in [3.8, 4) is 0 Å². The number of nitrogens with one attached hydrogen (secondary N) is 1. The number of benzene rings is 1. The number of carbonyl (C=O) groups is 3. The Balaban J connectivity index is 1.70. The summed E-state index contributed by atoms with van der Waals surface area (Å²) in [7, 11) is 0. The molecule has 2 aliphatic rings. The van der Waals surface area contributed by atoms with E-state index in [9.17, 15) is 19.5 Å². The molecule has 0 radical (unpaired) electrons. The minimum absolute atomic E-state index is 0.301. The lowest BCUT2D eigenvalue weighted by atomic mass is 9.76. The normalized spacial score (nSPS) is 22.6. The third-order valence-corrected chi connectivity index (χ3v) is 4.89. The van der Waals surface area contributed by atoms with E-state index in [0.717, 1.165) is 6.42 Å². The molecule has 7 heteroatoms. The summed E-state index contributed by atoms with van der Waals surface area (Å²) in [5.41, 5.74) is -0.503. The molecule has 0 unspecified atom stereocenters. The molecular formula is C16H17ClN2O4. The fourth-order valence-corrected chi connectivity index (χ4v) is 3.17. The lowest BCUT2D eigenvalue weighted by Gasteiger charge is -2.38. The molecule has 1 saturated heterocycles. The predicted octanol–water partition coefficient (Wildman–Crippen LogP) is 1.82. The van der Waals surface area contributed by atoms with Crippen LogP contribution in [0.4, 0.5) is 5.69 Å². The summed E-state index contributed by atoms with van der Waals surface area (Å²) in [6.45, 7) is 0.429. The number of anilines is 1. The second kappa shape index (κ2) is 5.85. The molecule has 1 saturated carbocycles. The summed E-state index contributed by atoms with van der Waals surface area (Å²) >= 11 is 5.84. The van der Waals surface area contributed by atoms with Crippen molar-refractivity contribution in [1.82, 2.24) is 5.32 Å².